The van der Waals surface area contributed by atoms with Crippen LogP contribution in [0.4, 0.5) is 11.4 Å². The van der Waals surface area contributed by atoms with Crippen LogP contribution in [0.1, 0.15) is 42.0 Å². The van der Waals surface area contributed by atoms with Gasteiger partial charge in [0.1, 0.15) is 0 Å². The smallest absolute Gasteiger partial charge is 0.287 e. The van der Waals surface area contributed by atoms with Gasteiger partial charge in [0.15, 0.2) is 6.04 Å². The standard InChI is InChI=1S/C21H25N3O3/c1-15-7-6-8-16(2)19(15)22-21(25)20(23-13-4-3-5-14-23)17-9-11-18(12-10-17)24(26)27/h6-12,20H,3-5,13-14H2,1-2H3,(H,22,25)/p+1/t20-/m0/s1. The van der Waals surface area contributed by atoms with Gasteiger partial charge in [0.25, 0.3) is 11.6 Å². The average Bonchev–Trinajstić information content (AvgIpc) is 2.66. The highest BCUT2D eigenvalue weighted by atomic mass is 16.6. The summed E-state index contributed by atoms with van der Waals surface area (Å²) in [6.45, 7) is 5.83. The number of anilines is 1. The van der Waals surface area contributed by atoms with E-state index in [2.05, 4.69) is 5.32 Å². The van der Waals surface area contributed by atoms with Crippen LogP contribution in [0.3, 0.4) is 0 Å². The predicted octanol–water partition coefficient (Wildman–Crippen LogP) is 2.96. The molecule has 2 N–H and O–H groups in total. The molecule has 6 heteroatoms. The molecule has 0 unspecified atom stereocenters. The Morgan fingerprint density at radius 2 is 1.63 bits per heavy atom. The van der Waals surface area contributed by atoms with Crippen LogP contribution in [0.5, 0.6) is 0 Å². The van der Waals surface area contributed by atoms with Crippen LogP contribution < -0.4 is 10.2 Å². The summed E-state index contributed by atoms with van der Waals surface area (Å²) in [6, 6.07) is 12.0. The Hall–Kier alpha value is -2.73. The number of nitrogens with zero attached hydrogens (tertiary/aromatic N) is 1. The van der Waals surface area contributed by atoms with Crippen molar-refractivity contribution in [2.24, 2.45) is 0 Å². The van der Waals surface area contributed by atoms with E-state index in [1.54, 1.807) is 12.1 Å². The van der Waals surface area contributed by atoms with Gasteiger partial charge in [0.2, 0.25) is 0 Å². The number of para-hydroxylation sites is 1. The topological polar surface area (TPSA) is 76.7 Å². The molecule has 0 aromatic heterocycles. The number of hydrogen-bond acceptors (Lipinski definition) is 3. The summed E-state index contributed by atoms with van der Waals surface area (Å²) in [5, 5.41) is 14.1. The Morgan fingerprint density at radius 3 is 2.19 bits per heavy atom. The molecule has 27 heavy (non-hydrogen) atoms. The Kier molecular flexibility index (Phi) is 5.86. The summed E-state index contributed by atoms with van der Waals surface area (Å²) in [4.78, 5) is 25.0. The highest BCUT2D eigenvalue weighted by molar-refractivity contribution is 5.96. The van der Waals surface area contributed by atoms with Gasteiger partial charge in [-0.1, -0.05) is 18.2 Å². The molecular formula is C21H26N3O3+. The van der Waals surface area contributed by atoms with Crippen molar-refractivity contribution in [3.63, 3.8) is 0 Å². The molecular weight excluding hydrogens is 342 g/mol. The second-order valence-corrected chi connectivity index (χ2v) is 7.26. The predicted molar refractivity (Wildman–Crippen MR) is 105 cm³/mol. The number of rotatable bonds is 5. The molecule has 2 aromatic carbocycles. The average molecular weight is 368 g/mol. The quantitative estimate of drug-likeness (QED) is 0.629. The van der Waals surface area contributed by atoms with Crippen LogP contribution in [0.25, 0.3) is 0 Å². The van der Waals surface area contributed by atoms with Crippen LogP contribution in [0.15, 0.2) is 42.5 Å². The number of nitro benzene ring substituents is 1. The first-order valence-corrected chi connectivity index (χ1v) is 9.43. The van der Waals surface area contributed by atoms with E-state index in [1.807, 2.05) is 32.0 Å². The van der Waals surface area contributed by atoms with E-state index in [0.717, 1.165) is 48.3 Å². The third kappa shape index (κ3) is 4.34. The molecule has 6 nitrogen and oxygen atoms in total. The molecule has 0 aliphatic carbocycles. The minimum absolute atomic E-state index is 0.0429. The lowest BCUT2D eigenvalue weighted by Crippen LogP contribution is -3.14. The van der Waals surface area contributed by atoms with Gasteiger partial charge in [-0.05, 0) is 56.4 Å². The fourth-order valence-corrected chi connectivity index (χ4v) is 3.86. The van der Waals surface area contributed by atoms with Crippen molar-refractivity contribution >= 4 is 17.3 Å². The second-order valence-electron chi connectivity index (χ2n) is 7.26. The molecule has 0 radical (unpaired) electrons. The zero-order valence-corrected chi connectivity index (χ0v) is 15.8. The fraction of sp³-hybridized carbons (Fsp3) is 0.381. The third-order valence-corrected chi connectivity index (χ3v) is 5.33. The molecule has 1 heterocycles. The molecule has 1 amide bonds. The highest BCUT2D eigenvalue weighted by Gasteiger charge is 2.33. The summed E-state index contributed by atoms with van der Waals surface area (Å²) in [5.74, 6) is -0.0573. The van der Waals surface area contributed by atoms with Gasteiger partial charge < -0.3 is 10.2 Å². The zero-order chi connectivity index (χ0) is 19.4. The van der Waals surface area contributed by atoms with Crippen LogP contribution in [-0.4, -0.2) is 23.9 Å². The lowest BCUT2D eigenvalue weighted by molar-refractivity contribution is -0.926. The van der Waals surface area contributed by atoms with Crippen LogP contribution in [-0.2, 0) is 4.79 Å². The molecule has 1 atom stereocenters. The van der Waals surface area contributed by atoms with Crippen molar-refractivity contribution in [3.8, 4) is 0 Å². The van der Waals surface area contributed by atoms with E-state index < -0.39 is 4.92 Å². The SMILES string of the molecule is Cc1cccc(C)c1NC(=O)[C@H](c1ccc([N+](=O)[O-])cc1)[NH+]1CCCCC1. The summed E-state index contributed by atoms with van der Waals surface area (Å²) >= 11 is 0. The number of nitro groups is 1. The van der Waals surface area contributed by atoms with Crippen molar-refractivity contribution in [2.45, 2.75) is 39.2 Å². The first-order valence-electron chi connectivity index (χ1n) is 9.43. The second kappa shape index (κ2) is 8.31. The number of non-ortho nitro benzene ring substituents is 1. The van der Waals surface area contributed by atoms with E-state index in [-0.39, 0.29) is 17.6 Å². The maximum Gasteiger partial charge on any atom is 0.287 e. The number of quaternary nitrogens is 1. The fourth-order valence-electron chi connectivity index (χ4n) is 3.86. The number of hydrogen-bond donors (Lipinski definition) is 2. The van der Waals surface area contributed by atoms with Crippen LogP contribution >= 0.6 is 0 Å². The van der Waals surface area contributed by atoms with Crippen LogP contribution in [0.2, 0.25) is 0 Å². The van der Waals surface area contributed by atoms with E-state index in [0.29, 0.717) is 0 Å². The number of benzene rings is 2. The van der Waals surface area contributed by atoms with Crippen molar-refractivity contribution < 1.29 is 14.6 Å². The molecule has 0 bridgehead atoms. The molecule has 1 fully saturated rings. The third-order valence-electron chi connectivity index (χ3n) is 5.33. The van der Waals surface area contributed by atoms with Gasteiger partial charge in [-0.15, -0.1) is 0 Å². The van der Waals surface area contributed by atoms with Crippen molar-refractivity contribution in [2.75, 3.05) is 18.4 Å². The van der Waals surface area contributed by atoms with E-state index in [9.17, 15) is 14.9 Å². The van der Waals surface area contributed by atoms with Gasteiger partial charge in [-0.3, -0.25) is 14.9 Å². The Labute approximate surface area is 159 Å². The number of aryl methyl sites for hydroxylation is 2. The van der Waals surface area contributed by atoms with Crippen molar-refractivity contribution in [1.82, 2.24) is 0 Å². The monoisotopic (exact) mass is 368 g/mol. The molecule has 142 valence electrons. The zero-order valence-electron chi connectivity index (χ0n) is 15.8. The summed E-state index contributed by atoms with van der Waals surface area (Å²) in [7, 11) is 0. The molecule has 1 aliphatic heterocycles. The Balaban J connectivity index is 1.91. The first kappa shape index (κ1) is 19.0. The molecule has 3 rings (SSSR count). The minimum Gasteiger partial charge on any atom is -0.321 e. The molecule has 1 aliphatic rings. The lowest BCUT2D eigenvalue weighted by Gasteiger charge is -2.31. The lowest BCUT2D eigenvalue weighted by atomic mass is 10.00. The molecule has 1 saturated heterocycles. The number of likely N-dealkylation sites (tertiary alicyclic amines) is 1. The summed E-state index contributed by atoms with van der Waals surface area (Å²) in [5.41, 5.74) is 3.77. The number of piperidine rings is 1. The molecule has 0 saturated carbocycles. The van der Waals surface area contributed by atoms with Gasteiger partial charge in [-0.25, -0.2) is 0 Å². The number of carbonyl (C=O) groups excluding carboxylic acids is 1. The van der Waals surface area contributed by atoms with Gasteiger partial charge in [0.05, 0.1) is 18.0 Å². The normalized spacial score (nSPS) is 15.9. The molecule has 2 aromatic rings. The Morgan fingerprint density at radius 1 is 1.04 bits per heavy atom. The highest BCUT2D eigenvalue weighted by Crippen LogP contribution is 2.23. The maximum atomic E-state index is 13.3. The van der Waals surface area contributed by atoms with Gasteiger partial charge >= 0.3 is 0 Å². The van der Waals surface area contributed by atoms with Crippen molar-refractivity contribution in [1.29, 1.82) is 0 Å². The molecule has 0 spiro atoms. The maximum absolute atomic E-state index is 13.3. The van der Waals surface area contributed by atoms with Gasteiger partial charge in [0, 0.05) is 23.4 Å². The summed E-state index contributed by atoms with van der Waals surface area (Å²) < 4.78 is 0. The largest absolute Gasteiger partial charge is 0.321 e. The number of carbonyl (C=O) groups is 1. The minimum atomic E-state index is -0.413. The van der Waals surface area contributed by atoms with Crippen LogP contribution in [0, 0.1) is 24.0 Å². The number of amides is 1. The first-order chi connectivity index (χ1) is 13.0. The number of nitrogens with one attached hydrogen (secondary N) is 2. The summed E-state index contributed by atoms with van der Waals surface area (Å²) in [6.07, 6.45) is 3.37. The van der Waals surface area contributed by atoms with E-state index in [4.69, 9.17) is 0 Å². The Bertz CT molecular complexity index is 807. The van der Waals surface area contributed by atoms with E-state index >= 15 is 0 Å². The van der Waals surface area contributed by atoms with E-state index in [1.165, 1.54) is 23.5 Å². The van der Waals surface area contributed by atoms with Crippen molar-refractivity contribution in [3.05, 3.63) is 69.3 Å². The van der Waals surface area contributed by atoms with Gasteiger partial charge in [-0.2, -0.15) is 0 Å².